The highest BCUT2D eigenvalue weighted by Crippen LogP contribution is 2.43. The van der Waals surface area contributed by atoms with Crippen molar-refractivity contribution in [3.8, 4) is 11.5 Å². The van der Waals surface area contributed by atoms with Crippen LogP contribution in [0.25, 0.3) is 0 Å². The van der Waals surface area contributed by atoms with E-state index in [1.54, 1.807) is 11.8 Å². The van der Waals surface area contributed by atoms with Gasteiger partial charge >= 0.3 is 0 Å². The van der Waals surface area contributed by atoms with Gasteiger partial charge in [-0.2, -0.15) is 0 Å². The first kappa shape index (κ1) is 18.6. The Kier molecular flexibility index (Phi) is 5.89. The van der Waals surface area contributed by atoms with Gasteiger partial charge in [0.25, 0.3) is 0 Å². The van der Waals surface area contributed by atoms with E-state index in [-0.39, 0.29) is 6.10 Å². The van der Waals surface area contributed by atoms with Crippen LogP contribution < -0.4 is 9.47 Å². The lowest BCUT2D eigenvalue weighted by Gasteiger charge is -2.30. The van der Waals surface area contributed by atoms with E-state index in [1.807, 2.05) is 18.3 Å². The summed E-state index contributed by atoms with van der Waals surface area (Å²) in [6.45, 7) is 7.67. The third-order valence-corrected chi connectivity index (χ3v) is 6.62. The van der Waals surface area contributed by atoms with Gasteiger partial charge in [-0.15, -0.1) is 0 Å². The first-order valence-electron chi connectivity index (χ1n) is 9.96. The lowest BCUT2D eigenvalue weighted by molar-refractivity contribution is 0.193. The summed E-state index contributed by atoms with van der Waals surface area (Å²) in [7, 11) is 0. The molecule has 144 valence electrons. The Labute approximate surface area is 166 Å². The number of pyridine rings is 1. The second-order valence-corrected chi connectivity index (χ2v) is 8.83. The van der Waals surface area contributed by atoms with E-state index in [0.717, 1.165) is 42.1 Å². The molecule has 0 N–H and O–H groups in total. The van der Waals surface area contributed by atoms with Gasteiger partial charge in [-0.25, -0.2) is 4.98 Å². The van der Waals surface area contributed by atoms with E-state index in [1.165, 1.54) is 24.9 Å². The molecule has 3 heterocycles. The summed E-state index contributed by atoms with van der Waals surface area (Å²) in [5.74, 6) is 1.81. The molecule has 2 aliphatic rings. The zero-order chi connectivity index (χ0) is 18.6. The van der Waals surface area contributed by atoms with Gasteiger partial charge in [0.05, 0.1) is 6.61 Å². The highest BCUT2D eigenvalue weighted by molar-refractivity contribution is 8.00. The highest BCUT2D eigenvalue weighted by Gasteiger charge is 2.29. The number of rotatable bonds is 6. The molecule has 1 aromatic carbocycles. The molecule has 0 bridgehead atoms. The summed E-state index contributed by atoms with van der Waals surface area (Å²) < 4.78 is 12.1. The van der Waals surface area contributed by atoms with Crippen LogP contribution in [0, 0.1) is 0 Å². The molecule has 1 aromatic heterocycles. The molecule has 2 aromatic rings. The molecule has 1 fully saturated rings. The number of hydrogen-bond donors (Lipinski definition) is 0. The SMILES string of the molecule is C[C@@H]1CCCN1CCCOc1ccc([C@H]2Oc3cccnc3S[C@@H]2C)cc1. The summed E-state index contributed by atoms with van der Waals surface area (Å²) in [5, 5.41) is 1.30. The molecule has 0 amide bonds. The maximum atomic E-state index is 6.21. The predicted molar refractivity (Wildman–Crippen MR) is 110 cm³/mol. The van der Waals surface area contributed by atoms with Crippen molar-refractivity contribution in [2.75, 3.05) is 19.7 Å². The van der Waals surface area contributed by atoms with Crippen LogP contribution in [-0.2, 0) is 0 Å². The quantitative estimate of drug-likeness (QED) is 0.659. The first-order valence-corrected chi connectivity index (χ1v) is 10.8. The average molecular weight is 385 g/mol. The molecule has 4 nitrogen and oxygen atoms in total. The average Bonchev–Trinajstić information content (AvgIpc) is 3.10. The second kappa shape index (κ2) is 8.53. The van der Waals surface area contributed by atoms with E-state index in [0.29, 0.717) is 5.25 Å². The number of thioether (sulfide) groups is 1. The zero-order valence-electron chi connectivity index (χ0n) is 16.1. The Hall–Kier alpha value is -1.72. The predicted octanol–water partition coefficient (Wildman–Crippen LogP) is 4.95. The van der Waals surface area contributed by atoms with Gasteiger partial charge in [0.1, 0.15) is 16.9 Å². The number of nitrogens with zero attached hydrogens (tertiary/aromatic N) is 2. The lowest BCUT2D eigenvalue weighted by atomic mass is 10.1. The minimum atomic E-state index is 0.0393. The van der Waals surface area contributed by atoms with Crippen LogP contribution in [0.1, 0.15) is 44.8 Å². The van der Waals surface area contributed by atoms with E-state index in [2.05, 4.69) is 48.0 Å². The molecular weight excluding hydrogens is 356 g/mol. The molecular formula is C22H28N2O2S. The molecule has 4 rings (SSSR count). The highest BCUT2D eigenvalue weighted by atomic mass is 32.2. The van der Waals surface area contributed by atoms with Crippen molar-refractivity contribution in [2.45, 2.75) is 55.5 Å². The fourth-order valence-corrected chi connectivity index (χ4v) is 4.94. The Morgan fingerprint density at radius 3 is 2.85 bits per heavy atom. The monoisotopic (exact) mass is 384 g/mol. The molecule has 0 aliphatic carbocycles. The van der Waals surface area contributed by atoms with Gasteiger partial charge in [0.2, 0.25) is 0 Å². The van der Waals surface area contributed by atoms with Gasteiger partial charge in [0.15, 0.2) is 5.75 Å². The van der Waals surface area contributed by atoms with Crippen molar-refractivity contribution in [3.05, 3.63) is 48.2 Å². The number of aromatic nitrogens is 1. The van der Waals surface area contributed by atoms with Gasteiger partial charge < -0.3 is 14.4 Å². The third-order valence-electron chi connectivity index (χ3n) is 5.47. The van der Waals surface area contributed by atoms with E-state index >= 15 is 0 Å². The maximum absolute atomic E-state index is 6.21. The minimum Gasteiger partial charge on any atom is -0.494 e. The van der Waals surface area contributed by atoms with Crippen molar-refractivity contribution in [1.82, 2.24) is 9.88 Å². The van der Waals surface area contributed by atoms with Crippen molar-refractivity contribution in [2.24, 2.45) is 0 Å². The Balaban J connectivity index is 1.30. The largest absolute Gasteiger partial charge is 0.494 e. The molecule has 0 radical (unpaired) electrons. The lowest BCUT2D eigenvalue weighted by Crippen LogP contribution is -2.28. The van der Waals surface area contributed by atoms with Crippen molar-refractivity contribution in [1.29, 1.82) is 0 Å². The number of fused-ring (bicyclic) bond motifs is 1. The third kappa shape index (κ3) is 4.41. The van der Waals surface area contributed by atoms with Crippen LogP contribution in [0.2, 0.25) is 0 Å². The molecule has 0 spiro atoms. The zero-order valence-corrected chi connectivity index (χ0v) is 17.0. The Morgan fingerprint density at radius 2 is 2.07 bits per heavy atom. The molecule has 27 heavy (non-hydrogen) atoms. The van der Waals surface area contributed by atoms with Crippen molar-refractivity contribution < 1.29 is 9.47 Å². The van der Waals surface area contributed by atoms with Gasteiger partial charge in [-0.3, -0.25) is 0 Å². The van der Waals surface area contributed by atoms with Gasteiger partial charge in [-0.1, -0.05) is 23.9 Å². The van der Waals surface area contributed by atoms with Crippen LogP contribution in [0.15, 0.2) is 47.6 Å². The van der Waals surface area contributed by atoms with Gasteiger partial charge in [-0.05, 0) is 69.5 Å². The fraction of sp³-hybridized carbons (Fsp3) is 0.500. The van der Waals surface area contributed by atoms with Crippen molar-refractivity contribution >= 4 is 11.8 Å². The van der Waals surface area contributed by atoms with Crippen LogP contribution in [0.5, 0.6) is 11.5 Å². The number of likely N-dealkylation sites (tertiary alicyclic amines) is 1. The van der Waals surface area contributed by atoms with Crippen molar-refractivity contribution in [3.63, 3.8) is 0 Å². The van der Waals surface area contributed by atoms with Gasteiger partial charge in [0, 0.05) is 24.0 Å². The topological polar surface area (TPSA) is 34.6 Å². The van der Waals surface area contributed by atoms with Crippen LogP contribution in [-0.4, -0.2) is 40.9 Å². The molecule has 3 atom stereocenters. The standard InChI is InChI=1S/C22H28N2O2S/c1-16-6-4-13-24(16)14-5-15-25-19-10-8-18(9-11-19)21-17(2)27-22-20(26-21)7-3-12-23-22/h3,7-12,16-17,21H,4-6,13-15H2,1-2H3/t16-,17-,21+/m1/s1. The van der Waals surface area contributed by atoms with Crippen LogP contribution >= 0.6 is 11.8 Å². The molecule has 5 heteroatoms. The maximum Gasteiger partial charge on any atom is 0.152 e. The first-order chi connectivity index (χ1) is 13.2. The Bertz CT molecular complexity index is 752. The summed E-state index contributed by atoms with van der Waals surface area (Å²) in [5.41, 5.74) is 1.18. The molecule has 0 unspecified atom stereocenters. The molecule has 0 saturated carbocycles. The number of ether oxygens (including phenoxy) is 2. The van der Waals surface area contributed by atoms with Crippen LogP contribution in [0.3, 0.4) is 0 Å². The minimum absolute atomic E-state index is 0.0393. The van der Waals surface area contributed by atoms with Crippen LogP contribution in [0.4, 0.5) is 0 Å². The van der Waals surface area contributed by atoms with E-state index in [9.17, 15) is 0 Å². The summed E-state index contributed by atoms with van der Waals surface area (Å²) in [6.07, 6.45) is 5.61. The fourth-order valence-electron chi connectivity index (χ4n) is 3.90. The second-order valence-electron chi connectivity index (χ2n) is 7.47. The normalized spacial score (nSPS) is 25.0. The van der Waals surface area contributed by atoms with E-state index in [4.69, 9.17) is 9.47 Å². The van der Waals surface area contributed by atoms with E-state index < -0.39 is 0 Å². The summed E-state index contributed by atoms with van der Waals surface area (Å²) in [4.78, 5) is 6.97. The summed E-state index contributed by atoms with van der Waals surface area (Å²) in [6, 6.07) is 13.0. The molecule has 2 aliphatic heterocycles. The molecule has 1 saturated heterocycles. The summed E-state index contributed by atoms with van der Waals surface area (Å²) >= 11 is 1.78. The number of hydrogen-bond acceptors (Lipinski definition) is 5. The number of benzene rings is 1. The smallest absolute Gasteiger partial charge is 0.152 e. The Morgan fingerprint density at radius 1 is 1.22 bits per heavy atom.